The van der Waals surface area contributed by atoms with Crippen LogP contribution in [0.3, 0.4) is 0 Å². The van der Waals surface area contributed by atoms with Crippen molar-refractivity contribution in [2.45, 2.75) is 37.9 Å². The first-order valence-corrected chi connectivity index (χ1v) is 12.0. The Labute approximate surface area is 186 Å². The molecule has 0 spiro atoms. The fourth-order valence-corrected chi connectivity index (χ4v) is 4.24. The van der Waals surface area contributed by atoms with Gasteiger partial charge < -0.3 is 5.32 Å². The lowest BCUT2D eigenvalue weighted by atomic mass is 9.87. The Morgan fingerprint density at radius 3 is 2.44 bits per heavy atom. The summed E-state index contributed by atoms with van der Waals surface area (Å²) in [5, 5.41) is 6.95. The molecule has 1 amide bonds. The van der Waals surface area contributed by atoms with Crippen LogP contribution in [-0.2, 0) is 21.8 Å². The molecule has 1 N–H and O–H groups in total. The van der Waals surface area contributed by atoms with Crippen molar-refractivity contribution >= 4 is 27.1 Å². The first kappa shape index (κ1) is 21.8. The van der Waals surface area contributed by atoms with E-state index in [9.17, 15) is 13.2 Å². The molecule has 1 aromatic carbocycles. The van der Waals surface area contributed by atoms with E-state index in [0.29, 0.717) is 17.9 Å². The summed E-state index contributed by atoms with van der Waals surface area (Å²) in [7, 11) is -3.61. The number of nitrogens with one attached hydrogen (secondary N) is 1. The predicted octanol–water partition coefficient (Wildman–Crippen LogP) is 3.53. The van der Waals surface area contributed by atoms with Crippen LogP contribution < -0.4 is 5.32 Å². The standard InChI is InChI=1S/C23H25N5O3S/c1-23(2,3)17-10-8-16(9-11-17)15-28-19(12-13-24-28)25-21(29)20-18-7-5-6-14-27(18)22(26-20)32(4,30)31/h5-14H,15H2,1-4H3,(H,25,29). The number of hydrogen-bond donors (Lipinski definition) is 1. The lowest BCUT2D eigenvalue weighted by Crippen LogP contribution is -2.17. The molecule has 0 bridgehead atoms. The number of rotatable bonds is 5. The molecule has 4 rings (SSSR count). The maximum absolute atomic E-state index is 13.0. The second kappa shape index (κ2) is 7.90. The van der Waals surface area contributed by atoms with Crippen molar-refractivity contribution in [1.29, 1.82) is 0 Å². The summed E-state index contributed by atoms with van der Waals surface area (Å²) in [5.74, 6) is -0.0127. The molecule has 166 valence electrons. The van der Waals surface area contributed by atoms with Gasteiger partial charge in [-0.15, -0.1) is 0 Å². The molecule has 0 unspecified atom stereocenters. The topological polar surface area (TPSA) is 98.4 Å². The number of sulfone groups is 1. The summed E-state index contributed by atoms with van der Waals surface area (Å²) in [6.07, 6.45) is 4.24. The number of pyridine rings is 1. The number of anilines is 1. The van der Waals surface area contributed by atoms with E-state index in [1.54, 1.807) is 41.3 Å². The van der Waals surface area contributed by atoms with Gasteiger partial charge in [0.1, 0.15) is 5.82 Å². The Kier molecular flexibility index (Phi) is 5.37. The third kappa shape index (κ3) is 4.29. The number of fused-ring (bicyclic) bond motifs is 1. The number of amides is 1. The quantitative estimate of drug-likeness (QED) is 0.501. The summed E-state index contributed by atoms with van der Waals surface area (Å²) >= 11 is 0. The summed E-state index contributed by atoms with van der Waals surface area (Å²) in [4.78, 5) is 17.1. The molecule has 0 aliphatic heterocycles. The first-order chi connectivity index (χ1) is 15.0. The van der Waals surface area contributed by atoms with Gasteiger partial charge >= 0.3 is 0 Å². The Hall–Kier alpha value is -3.46. The second-order valence-corrected chi connectivity index (χ2v) is 10.7. The van der Waals surface area contributed by atoms with Crippen LogP contribution in [0.15, 0.2) is 66.1 Å². The fourth-order valence-electron chi connectivity index (χ4n) is 3.46. The van der Waals surface area contributed by atoms with E-state index >= 15 is 0 Å². The van der Waals surface area contributed by atoms with Crippen LogP contribution in [0.25, 0.3) is 5.52 Å². The van der Waals surface area contributed by atoms with Gasteiger partial charge in [-0.3, -0.25) is 9.20 Å². The molecule has 0 radical (unpaired) electrons. The molecule has 0 aliphatic rings. The van der Waals surface area contributed by atoms with Crippen molar-refractivity contribution in [3.05, 3.63) is 77.7 Å². The minimum Gasteiger partial charge on any atom is -0.305 e. The van der Waals surface area contributed by atoms with Gasteiger partial charge in [0.05, 0.1) is 18.3 Å². The average molecular weight is 452 g/mol. The predicted molar refractivity (Wildman–Crippen MR) is 123 cm³/mol. The van der Waals surface area contributed by atoms with Crippen LogP contribution >= 0.6 is 0 Å². The molecule has 8 nitrogen and oxygen atoms in total. The highest BCUT2D eigenvalue weighted by atomic mass is 32.2. The van der Waals surface area contributed by atoms with E-state index in [-0.39, 0.29) is 16.3 Å². The molecule has 32 heavy (non-hydrogen) atoms. The number of hydrogen-bond acceptors (Lipinski definition) is 5. The highest BCUT2D eigenvalue weighted by Crippen LogP contribution is 2.23. The summed E-state index contributed by atoms with van der Waals surface area (Å²) in [6.45, 7) is 6.97. The van der Waals surface area contributed by atoms with Gasteiger partial charge in [-0.2, -0.15) is 5.10 Å². The van der Waals surface area contributed by atoms with Crippen molar-refractivity contribution in [2.24, 2.45) is 0 Å². The van der Waals surface area contributed by atoms with Crippen LogP contribution in [0.1, 0.15) is 42.4 Å². The van der Waals surface area contributed by atoms with Gasteiger partial charge in [-0.1, -0.05) is 51.1 Å². The second-order valence-electron chi connectivity index (χ2n) is 8.75. The zero-order chi connectivity index (χ0) is 23.1. The van der Waals surface area contributed by atoms with Crippen molar-refractivity contribution in [2.75, 3.05) is 11.6 Å². The lowest BCUT2D eigenvalue weighted by molar-refractivity contribution is 0.102. The van der Waals surface area contributed by atoms with Crippen LogP contribution in [0.4, 0.5) is 5.82 Å². The minimum atomic E-state index is -3.61. The van der Waals surface area contributed by atoms with E-state index in [2.05, 4.69) is 60.4 Å². The third-order valence-electron chi connectivity index (χ3n) is 5.17. The molecule has 0 aliphatic carbocycles. The maximum atomic E-state index is 13.0. The fraction of sp³-hybridized carbons (Fsp3) is 0.261. The minimum absolute atomic E-state index is 0.0355. The summed E-state index contributed by atoms with van der Waals surface area (Å²) in [6, 6.07) is 15.1. The number of carbonyl (C=O) groups excluding carboxylic acids is 1. The maximum Gasteiger partial charge on any atom is 0.277 e. The molecule has 0 fully saturated rings. The van der Waals surface area contributed by atoms with Gasteiger partial charge in [-0.25, -0.2) is 18.1 Å². The number of aromatic nitrogens is 4. The molecule has 3 aromatic heterocycles. The van der Waals surface area contributed by atoms with E-state index in [1.807, 2.05) is 0 Å². The number of imidazole rings is 1. The molecular weight excluding hydrogens is 426 g/mol. The van der Waals surface area contributed by atoms with E-state index in [0.717, 1.165) is 11.8 Å². The molecule has 9 heteroatoms. The monoisotopic (exact) mass is 451 g/mol. The normalized spacial score (nSPS) is 12.2. The van der Waals surface area contributed by atoms with Crippen LogP contribution in [0.5, 0.6) is 0 Å². The van der Waals surface area contributed by atoms with E-state index in [4.69, 9.17) is 0 Å². The van der Waals surface area contributed by atoms with E-state index < -0.39 is 15.7 Å². The summed E-state index contributed by atoms with van der Waals surface area (Å²) < 4.78 is 27.3. The zero-order valence-electron chi connectivity index (χ0n) is 18.4. The highest BCUT2D eigenvalue weighted by Gasteiger charge is 2.23. The zero-order valence-corrected chi connectivity index (χ0v) is 19.2. The SMILES string of the molecule is CC(C)(C)c1ccc(Cn2nccc2NC(=O)c2nc(S(C)(=O)=O)n3ccccc23)cc1. The molecule has 3 heterocycles. The van der Waals surface area contributed by atoms with Crippen molar-refractivity contribution in [3.8, 4) is 0 Å². The molecule has 0 saturated heterocycles. The summed E-state index contributed by atoms with van der Waals surface area (Å²) in [5.41, 5.74) is 2.80. The van der Waals surface area contributed by atoms with Gasteiger partial charge in [0.2, 0.25) is 15.0 Å². The van der Waals surface area contributed by atoms with Gasteiger partial charge in [0, 0.05) is 18.5 Å². The Balaban J connectivity index is 1.60. The molecule has 4 aromatic rings. The average Bonchev–Trinajstić information content (AvgIpc) is 3.32. The van der Waals surface area contributed by atoms with Gasteiger partial charge in [0.15, 0.2) is 5.69 Å². The van der Waals surface area contributed by atoms with Crippen LogP contribution in [0.2, 0.25) is 0 Å². The molecule has 0 saturated carbocycles. The van der Waals surface area contributed by atoms with Crippen molar-refractivity contribution in [1.82, 2.24) is 19.2 Å². The van der Waals surface area contributed by atoms with Gasteiger partial charge in [-0.05, 0) is 28.7 Å². The molecule has 0 atom stereocenters. The van der Waals surface area contributed by atoms with Crippen molar-refractivity contribution < 1.29 is 13.2 Å². The lowest BCUT2D eigenvalue weighted by Gasteiger charge is -2.19. The first-order valence-electron chi connectivity index (χ1n) is 10.1. The van der Waals surface area contributed by atoms with Gasteiger partial charge in [0.25, 0.3) is 5.91 Å². The Morgan fingerprint density at radius 1 is 1.06 bits per heavy atom. The number of carbonyl (C=O) groups is 1. The van der Waals surface area contributed by atoms with Crippen LogP contribution in [0, 0.1) is 0 Å². The largest absolute Gasteiger partial charge is 0.305 e. The third-order valence-corrected chi connectivity index (χ3v) is 6.12. The Bertz CT molecular complexity index is 1390. The molecular formula is C23H25N5O3S. The number of benzene rings is 1. The smallest absolute Gasteiger partial charge is 0.277 e. The highest BCUT2D eigenvalue weighted by molar-refractivity contribution is 7.90. The Morgan fingerprint density at radius 2 is 1.78 bits per heavy atom. The van der Waals surface area contributed by atoms with Crippen LogP contribution in [-0.4, -0.2) is 39.7 Å². The van der Waals surface area contributed by atoms with E-state index in [1.165, 1.54) is 9.96 Å². The van der Waals surface area contributed by atoms with Crippen molar-refractivity contribution in [3.63, 3.8) is 0 Å². The number of nitrogens with zero attached hydrogens (tertiary/aromatic N) is 4.